The quantitative estimate of drug-likeness (QED) is 0.197. The van der Waals surface area contributed by atoms with E-state index >= 15 is 0 Å². The number of phenols is 1. The van der Waals surface area contributed by atoms with Gasteiger partial charge in [-0.15, -0.1) is 0 Å². The fraction of sp³-hybridized carbons (Fsp3) is 0.769. The van der Waals surface area contributed by atoms with Gasteiger partial charge in [-0.3, -0.25) is 0 Å². The minimum Gasteiger partial charge on any atom is -0.508 e. The number of hydrogen-bond acceptors (Lipinski definition) is 3. The largest absolute Gasteiger partial charge is 0.508 e. The van der Waals surface area contributed by atoms with E-state index in [0.717, 1.165) is 17.5 Å². The highest BCUT2D eigenvalue weighted by Gasteiger charge is 2.35. The van der Waals surface area contributed by atoms with E-state index in [1.165, 1.54) is 63.4 Å². The average molecular weight is 467 g/mol. The molecule has 0 spiro atoms. The maximum absolute atomic E-state index is 9.83. The summed E-state index contributed by atoms with van der Waals surface area (Å²) in [7, 11) is 0.649. The first-order valence-corrected chi connectivity index (χ1v) is 18.4. The second kappa shape index (κ2) is 13.8. The van der Waals surface area contributed by atoms with Crippen LogP contribution in [0.3, 0.4) is 0 Å². The summed E-state index contributed by atoms with van der Waals surface area (Å²) in [6, 6.07) is 6.09. The molecule has 0 saturated carbocycles. The molecular formula is C26H50O3Si2. The van der Waals surface area contributed by atoms with Crippen molar-refractivity contribution < 1.29 is 14.0 Å². The number of aromatic hydroxyl groups is 1. The highest BCUT2D eigenvalue weighted by atomic mass is 28.4. The normalized spacial score (nSPS) is 14.6. The number of rotatable bonds is 16. The van der Waals surface area contributed by atoms with Gasteiger partial charge in [0.25, 0.3) is 0 Å². The molecule has 2 atom stereocenters. The fourth-order valence-corrected chi connectivity index (χ4v) is 7.60. The Hall–Kier alpha value is -0.626. The Morgan fingerprint density at radius 1 is 0.806 bits per heavy atom. The van der Waals surface area contributed by atoms with Crippen molar-refractivity contribution in [2.45, 2.75) is 115 Å². The molecule has 0 aliphatic heterocycles. The van der Waals surface area contributed by atoms with Crippen LogP contribution in [0.4, 0.5) is 0 Å². The number of benzene rings is 1. The Labute approximate surface area is 195 Å². The van der Waals surface area contributed by atoms with Crippen LogP contribution in [0.25, 0.3) is 0 Å². The van der Waals surface area contributed by atoms with Crippen molar-refractivity contribution in [3.05, 3.63) is 29.3 Å². The monoisotopic (exact) mass is 466 g/mol. The van der Waals surface area contributed by atoms with Gasteiger partial charge in [-0.1, -0.05) is 70.4 Å². The predicted octanol–water partition coefficient (Wildman–Crippen LogP) is 8.22. The molecule has 0 radical (unpaired) electrons. The lowest BCUT2D eigenvalue weighted by atomic mass is 10.0. The average Bonchev–Trinajstić information content (AvgIpc) is 2.73. The van der Waals surface area contributed by atoms with Gasteiger partial charge in [0.2, 0.25) is 0 Å². The number of hydrogen-bond donors (Lipinski definition) is 1. The van der Waals surface area contributed by atoms with Crippen LogP contribution >= 0.6 is 0 Å². The molecule has 0 heterocycles. The third-order valence-corrected chi connectivity index (χ3v) is 15.0. The zero-order valence-corrected chi connectivity index (χ0v) is 23.7. The molecular weight excluding hydrogens is 416 g/mol. The summed E-state index contributed by atoms with van der Waals surface area (Å²) in [5, 5.41) is 9.83. The van der Waals surface area contributed by atoms with Gasteiger partial charge < -0.3 is 14.0 Å². The minimum atomic E-state index is -1.62. The Morgan fingerprint density at radius 3 is 1.97 bits per heavy atom. The van der Waals surface area contributed by atoms with Crippen molar-refractivity contribution in [1.82, 2.24) is 0 Å². The molecule has 0 fully saturated rings. The second-order valence-corrected chi connectivity index (χ2v) is 19.6. The van der Waals surface area contributed by atoms with E-state index in [-0.39, 0.29) is 0 Å². The molecule has 0 aliphatic rings. The van der Waals surface area contributed by atoms with Gasteiger partial charge in [-0.05, 0) is 74.2 Å². The molecule has 1 N–H and O–H groups in total. The van der Waals surface area contributed by atoms with Gasteiger partial charge in [0.1, 0.15) is 5.75 Å². The second-order valence-electron chi connectivity index (χ2n) is 10.6. The van der Waals surface area contributed by atoms with Crippen LogP contribution in [0.1, 0.15) is 75.8 Å². The molecule has 0 aromatic heterocycles. The third-order valence-electron chi connectivity index (χ3n) is 7.71. The summed E-state index contributed by atoms with van der Waals surface area (Å²) in [4.78, 5) is 0. The Balaban J connectivity index is 2.29. The molecule has 5 heteroatoms. The molecule has 0 aliphatic carbocycles. The standard InChI is InChI=1S/C26H50O3Si2/c1-22-17-19-24(21-26(22)27)15-13-11-9-10-12-14-16-25(31(7,8)29-4)20-18-23(2)30(5,6)28-3/h17,19,21,23,25,27H,9-16,18,20H2,1-8H3. The first-order valence-electron chi connectivity index (χ1n) is 12.4. The topological polar surface area (TPSA) is 38.7 Å². The Kier molecular flexibility index (Phi) is 12.7. The fourth-order valence-electron chi connectivity index (χ4n) is 4.24. The summed E-state index contributed by atoms with van der Waals surface area (Å²) in [5.74, 6) is 0.428. The molecule has 3 nitrogen and oxygen atoms in total. The zero-order chi connectivity index (χ0) is 23.5. The number of aryl methyl sites for hydroxylation is 2. The van der Waals surface area contributed by atoms with Crippen LogP contribution in [0.2, 0.25) is 37.3 Å². The molecule has 180 valence electrons. The first-order chi connectivity index (χ1) is 14.5. The van der Waals surface area contributed by atoms with Crippen molar-refractivity contribution in [3.8, 4) is 5.75 Å². The minimum absolute atomic E-state index is 0.428. The van der Waals surface area contributed by atoms with E-state index in [1.807, 2.05) is 33.3 Å². The van der Waals surface area contributed by atoms with Gasteiger partial charge in [-0.2, -0.15) is 0 Å². The molecule has 0 saturated heterocycles. The molecule has 1 rings (SSSR count). The predicted molar refractivity (Wildman–Crippen MR) is 140 cm³/mol. The highest BCUT2D eigenvalue weighted by Crippen LogP contribution is 2.37. The van der Waals surface area contributed by atoms with Gasteiger partial charge in [0, 0.05) is 14.2 Å². The molecule has 31 heavy (non-hydrogen) atoms. The lowest BCUT2D eigenvalue weighted by Crippen LogP contribution is -2.37. The first kappa shape index (κ1) is 28.4. The molecule has 0 amide bonds. The van der Waals surface area contributed by atoms with Crippen molar-refractivity contribution in [1.29, 1.82) is 0 Å². The van der Waals surface area contributed by atoms with Crippen molar-refractivity contribution in [2.24, 2.45) is 0 Å². The molecule has 2 unspecified atom stereocenters. The zero-order valence-electron chi connectivity index (χ0n) is 21.7. The van der Waals surface area contributed by atoms with Crippen molar-refractivity contribution in [3.63, 3.8) is 0 Å². The SMILES string of the molecule is CO[Si](C)(C)C(C)CCC(CCCCCCCCc1ccc(C)c(O)c1)[Si](C)(C)OC. The van der Waals surface area contributed by atoms with Gasteiger partial charge in [-0.25, -0.2) is 0 Å². The smallest absolute Gasteiger partial charge is 0.189 e. The maximum Gasteiger partial charge on any atom is 0.189 e. The van der Waals surface area contributed by atoms with E-state index in [2.05, 4.69) is 39.2 Å². The lowest BCUT2D eigenvalue weighted by molar-refractivity contribution is 0.367. The van der Waals surface area contributed by atoms with Gasteiger partial charge >= 0.3 is 0 Å². The summed E-state index contributed by atoms with van der Waals surface area (Å²) in [5.41, 5.74) is 3.65. The van der Waals surface area contributed by atoms with Crippen LogP contribution in [0, 0.1) is 6.92 Å². The van der Waals surface area contributed by atoms with E-state index in [9.17, 15) is 5.11 Å². The summed E-state index contributed by atoms with van der Waals surface area (Å²) in [6.07, 6.45) is 12.8. The number of unbranched alkanes of at least 4 members (excludes halogenated alkanes) is 5. The van der Waals surface area contributed by atoms with Gasteiger partial charge in [0.05, 0.1) is 0 Å². The Morgan fingerprint density at radius 2 is 1.39 bits per heavy atom. The van der Waals surface area contributed by atoms with E-state index in [0.29, 0.717) is 11.3 Å². The number of phenolic OH excluding ortho intramolecular Hbond substituents is 1. The van der Waals surface area contributed by atoms with Crippen LogP contribution in [0.5, 0.6) is 5.75 Å². The van der Waals surface area contributed by atoms with E-state index in [4.69, 9.17) is 8.85 Å². The van der Waals surface area contributed by atoms with Crippen LogP contribution in [-0.2, 0) is 15.3 Å². The van der Waals surface area contributed by atoms with Crippen LogP contribution < -0.4 is 0 Å². The summed E-state index contributed by atoms with van der Waals surface area (Å²) in [6.45, 7) is 13.8. The Bertz CT molecular complexity index is 631. The van der Waals surface area contributed by atoms with E-state index < -0.39 is 16.6 Å². The summed E-state index contributed by atoms with van der Waals surface area (Å²) < 4.78 is 11.8. The lowest BCUT2D eigenvalue weighted by Gasteiger charge is -2.34. The third kappa shape index (κ3) is 10.2. The van der Waals surface area contributed by atoms with Gasteiger partial charge in [0.15, 0.2) is 16.6 Å². The maximum atomic E-state index is 9.83. The van der Waals surface area contributed by atoms with Crippen LogP contribution in [0.15, 0.2) is 18.2 Å². The van der Waals surface area contributed by atoms with Crippen molar-refractivity contribution >= 4 is 16.6 Å². The summed E-state index contributed by atoms with van der Waals surface area (Å²) >= 11 is 0. The molecule has 1 aromatic carbocycles. The van der Waals surface area contributed by atoms with E-state index in [1.54, 1.807) is 0 Å². The highest BCUT2D eigenvalue weighted by molar-refractivity contribution is 6.73. The molecule has 0 bridgehead atoms. The molecule has 1 aromatic rings. The van der Waals surface area contributed by atoms with Crippen LogP contribution in [-0.4, -0.2) is 36.0 Å². The van der Waals surface area contributed by atoms with Crippen molar-refractivity contribution in [2.75, 3.05) is 14.2 Å².